The molecule has 21 heavy (non-hydrogen) atoms. The number of hydrogen-bond acceptors (Lipinski definition) is 4. The first-order valence-corrected chi connectivity index (χ1v) is 11.1. The van der Waals surface area contributed by atoms with Crippen molar-refractivity contribution in [1.29, 1.82) is 0 Å². The molecule has 118 valence electrons. The summed E-state index contributed by atoms with van der Waals surface area (Å²) in [6.07, 6.45) is 3.35. The van der Waals surface area contributed by atoms with E-state index in [0.717, 1.165) is 40.7 Å². The third-order valence-electron chi connectivity index (χ3n) is 4.16. The highest BCUT2D eigenvalue weighted by atomic mass is 32.1. The van der Waals surface area contributed by atoms with E-state index in [1.807, 2.05) is 19.2 Å². The first-order valence-electron chi connectivity index (χ1n) is 7.72. The first kappa shape index (κ1) is 18.3. The van der Waals surface area contributed by atoms with Gasteiger partial charge in [-0.25, -0.2) is 4.98 Å². The van der Waals surface area contributed by atoms with Crippen molar-refractivity contribution in [2.24, 2.45) is 0 Å². The summed E-state index contributed by atoms with van der Waals surface area (Å²) in [5.41, 5.74) is 2.06. The SMILES string of the molecule is CC[Si](CC)(CC)O[C@@H](CC=O)C(C)=Cc1csc(C)n1. The lowest BCUT2D eigenvalue weighted by molar-refractivity contribution is -0.109. The van der Waals surface area contributed by atoms with E-state index in [1.165, 1.54) is 0 Å². The first-order chi connectivity index (χ1) is 10.00. The largest absolute Gasteiger partial charge is 0.410 e. The van der Waals surface area contributed by atoms with Crippen LogP contribution in [0, 0.1) is 6.92 Å². The molecular weight excluding hydrogens is 298 g/mol. The van der Waals surface area contributed by atoms with Crippen LogP contribution in [0.15, 0.2) is 11.0 Å². The van der Waals surface area contributed by atoms with Crippen LogP contribution >= 0.6 is 11.3 Å². The van der Waals surface area contributed by atoms with Crippen LogP contribution in [0.25, 0.3) is 6.08 Å². The molecule has 0 radical (unpaired) electrons. The van der Waals surface area contributed by atoms with Crippen molar-refractivity contribution in [3.05, 3.63) is 21.7 Å². The molecule has 1 atom stereocenters. The number of nitrogens with zero attached hydrogens (tertiary/aromatic N) is 1. The summed E-state index contributed by atoms with van der Waals surface area (Å²) in [5.74, 6) is 0. The molecule has 0 saturated carbocycles. The Labute approximate surface area is 133 Å². The molecule has 1 rings (SSSR count). The van der Waals surface area contributed by atoms with Crippen LogP contribution in [0.3, 0.4) is 0 Å². The standard InChI is InChI=1S/C16H27NO2SSi/c1-6-21(7-2,8-3)19-16(9-10-18)13(4)11-15-12-20-14(5)17-15/h10-12,16H,6-9H2,1-5H3/t16-/m0/s1. The Bertz CT molecular complexity index is 472. The average Bonchev–Trinajstić information content (AvgIpc) is 2.89. The second-order valence-corrected chi connectivity index (χ2v) is 11.2. The third-order valence-corrected chi connectivity index (χ3v) is 9.60. The van der Waals surface area contributed by atoms with Crippen molar-refractivity contribution >= 4 is 32.0 Å². The lowest BCUT2D eigenvalue weighted by Gasteiger charge is -2.33. The van der Waals surface area contributed by atoms with Crippen LogP contribution in [0.2, 0.25) is 18.1 Å². The predicted octanol–water partition coefficient (Wildman–Crippen LogP) is 4.83. The van der Waals surface area contributed by atoms with E-state index in [2.05, 4.69) is 31.8 Å². The maximum absolute atomic E-state index is 11.0. The van der Waals surface area contributed by atoms with Gasteiger partial charge in [-0.2, -0.15) is 0 Å². The van der Waals surface area contributed by atoms with Crippen LogP contribution in [0.4, 0.5) is 0 Å². The van der Waals surface area contributed by atoms with Crippen LogP contribution in [-0.4, -0.2) is 25.7 Å². The van der Waals surface area contributed by atoms with Gasteiger partial charge in [0.15, 0.2) is 8.32 Å². The molecule has 1 heterocycles. The zero-order valence-electron chi connectivity index (χ0n) is 13.8. The molecule has 0 bridgehead atoms. The molecule has 5 heteroatoms. The minimum Gasteiger partial charge on any atom is -0.410 e. The second kappa shape index (κ2) is 8.61. The monoisotopic (exact) mass is 325 g/mol. The fourth-order valence-electron chi connectivity index (χ4n) is 2.49. The van der Waals surface area contributed by atoms with Gasteiger partial charge in [0, 0.05) is 11.8 Å². The lowest BCUT2D eigenvalue weighted by atomic mass is 10.1. The molecule has 0 spiro atoms. The minimum absolute atomic E-state index is 0.101. The van der Waals surface area contributed by atoms with E-state index in [4.69, 9.17) is 4.43 Å². The molecule has 0 aliphatic rings. The van der Waals surface area contributed by atoms with Gasteiger partial charge in [-0.15, -0.1) is 11.3 Å². The quantitative estimate of drug-likeness (QED) is 0.482. The van der Waals surface area contributed by atoms with Gasteiger partial charge < -0.3 is 9.22 Å². The maximum Gasteiger partial charge on any atom is 0.192 e. The van der Waals surface area contributed by atoms with Crippen molar-refractivity contribution in [3.63, 3.8) is 0 Å². The Morgan fingerprint density at radius 3 is 2.43 bits per heavy atom. The molecule has 0 aromatic carbocycles. The summed E-state index contributed by atoms with van der Waals surface area (Å²) in [5, 5.41) is 3.10. The lowest BCUT2D eigenvalue weighted by Crippen LogP contribution is -2.40. The molecule has 1 aromatic rings. The number of carbonyl (C=O) groups excluding carboxylic acids is 1. The van der Waals surface area contributed by atoms with Crippen molar-refractivity contribution in [3.8, 4) is 0 Å². The molecule has 0 saturated heterocycles. The maximum atomic E-state index is 11.0. The number of carbonyl (C=O) groups is 1. The van der Waals surface area contributed by atoms with E-state index in [0.29, 0.717) is 6.42 Å². The highest BCUT2D eigenvalue weighted by Crippen LogP contribution is 2.27. The predicted molar refractivity (Wildman–Crippen MR) is 93.3 cm³/mol. The molecule has 0 unspecified atom stereocenters. The number of aryl methyl sites for hydroxylation is 1. The summed E-state index contributed by atoms with van der Waals surface area (Å²) < 4.78 is 6.48. The summed E-state index contributed by atoms with van der Waals surface area (Å²) in [7, 11) is -1.71. The summed E-state index contributed by atoms with van der Waals surface area (Å²) in [4.78, 5) is 15.5. The van der Waals surface area contributed by atoms with E-state index < -0.39 is 8.32 Å². The molecule has 3 nitrogen and oxygen atoms in total. The van der Waals surface area contributed by atoms with Gasteiger partial charge in [-0.1, -0.05) is 20.8 Å². The Morgan fingerprint density at radius 1 is 1.38 bits per heavy atom. The second-order valence-electron chi connectivity index (χ2n) is 5.43. The fraction of sp³-hybridized carbons (Fsp3) is 0.625. The van der Waals surface area contributed by atoms with Crippen LogP contribution in [0.1, 0.15) is 44.8 Å². The molecule has 0 amide bonds. The van der Waals surface area contributed by atoms with E-state index in [-0.39, 0.29) is 6.10 Å². The highest BCUT2D eigenvalue weighted by molar-refractivity contribution is 7.09. The Morgan fingerprint density at radius 2 is 2.00 bits per heavy atom. The zero-order valence-corrected chi connectivity index (χ0v) is 15.6. The molecular formula is C16H27NO2SSi. The topological polar surface area (TPSA) is 39.2 Å². The van der Waals surface area contributed by atoms with E-state index in [1.54, 1.807) is 11.3 Å². The normalized spacial score (nSPS) is 14.2. The number of aldehydes is 1. The van der Waals surface area contributed by atoms with Gasteiger partial charge in [0.1, 0.15) is 6.29 Å². The summed E-state index contributed by atoms with van der Waals surface area (Å²) in [6.45, 7) is 10.7. The number of hydrogen-bond donors (Lipinski definition) is 0. The smallest absolute Gasteiger partial charge is 0.192 e. The van der Waals surface area contributed by atoms with Gasteiger partial charge >= 0.3 is 0 Å². The Kier molecular flexibility index (Phi) is 7.49. The molecule has 1 aromatic heterocycles. The van der Waals surface area contributed by atoms with Gasteiger partial charge in [-0.3, -0.25) is 0 Å². The zero-order chi connectivity index (χ0) is 15.9. The van der Waals surface area contributed by atoms with Crippen molar-refractivity contribution < 1.29 is 9.22 Å². The third kappa shape index (κ3) is 5.16. The fourth-order valence-corrected chi connectivity index (χ4v) is 5.94. The Hall–Kier alpha value is -0.783. The van der Waals surface area contributed by atoms with Crippen molar-refractivity contribution in [1.82, 2.24) is 4.98 Å². The molecule has 0 aliphatic heterocycles. The van der Waals surface area contributed by atoms with Gasteiger partial charge in [0.25, 0.3) is 0 Å². The Balaban J connectivity index is 2.94. The number of rotatable bonds is 9. The summed E-state index contributed by atoms with van der Waals surface area (Å²) in [6, 6.07) is 3.29. The van der Waals surface area contributed by atoms with Crippen LogP contribution < -0.4 is 0 Å². The van der Waals surface area contributed by atoms with Crippen LogP contribution in [-0.2, 0) is 9.22 Å². The van der Waals surface area contributed by atoms with E-state index >= 15 is 0 Å². The van der Waals surface area contributed by atoms with Crippen molar-refractivity contribution in [2.45, 2.75) is 65.3 Å². The molecule has 0 fully saturated rings. The minimum atomic E-state index is -1.71. The molecule has 0 N–H and O–H groups in total. The number of aromatic nitrogens is 1. The highest BCUT2D eigenvalue weighted by Gasteiger charge is 2.32. The van der Waals surface area contributed by atoms with E-state index in [9.17, 15) is 4.79 Å². The van der Waals surface area contributed by atoms with Crippen molar-refractivity contribution in [2.75, 3.05) is 0 Å². The average molecular weight is 326 g/mol. The van der Waals surface area contributed by atoms with Gasteiger partial charge in [0.2, 0.25) is 0 Å². The van der Waals surface area contributed by atoms with Gasteiger partial charge in [-0.05, 0) is 43.6 Å². The summed E-state index contributed by atoms with van der Waals surface area (Å²) >= 11 is 1.64. The number of thiazole rings is 1. The molecule has 0 aliphatic carbocycles. The van der Waals surface area contributed by atoms with Gasteiger partial charge in [0.05, 0.1) is 16.8 Å². The van der Waals surface area contributed by atoms with Crippen LogP contribution in [0.5, 0.6) is 0 Å².